The van der Waals surface area contributed by atoms with Crippen molar-refractivity contribution in [1.29, 1.82) is 0 Å². The first-order chi connectivity index (χ1) is 9.72. The first-order valence-corrected chi connectivity index (χ1v) is 7.68. The molecular weight excluding hydrogens is 293 g/mol. The molecule has 1 saturated heterocycles. The van der Waals surface area contributed by atoms with Crippen LogP contribution in [0.3, 0.4) is 0 Å². The van der Waals surface area contributed by atoms with Crippen molar-refractivity contribution in [3.05, 3.63) is 40.3 Å². The van der Waals surface area contributed by atoms with E-state index in [0.29, 0.717) is 10.0 Å². The van der Waals surface area contributed by atoms with Crippen molar-refractivity contribution in [2.45, 2.75) is 19.3 Å². The van der Waals surface area contributed by atoms with Crippen LogP contribution in [0.4, 0.5) is 0 Å². The van der Waals surface area contributed by atoms with Crippen LogP contribution < -0.4 is 5.32 Å². The highest BCUT2D eigenvalue weighted by Gasteiger charge is 2.15. The third kappa shape index (κ3) is 3.17. The van der Waals surface area contributed by atoms with Gasteiger partial charge in [-0.05, 0) is 50.0 Å². The molecule has 0 unspecified atom stereocenters. The fourth-order valence-electron chi connectivity index (χ4n) is 2.67. The third-order valence-corrected chi connectivity index (χ3v) is 4.34. The Bertz CT molecular complexity index is 589. The van der Waals surface area contributed by atoms with E-state index in [2.05, 4.69) is 15.3 Å². The van der Waals surface area contributed by atoms with Gasteiger partial charge < -0.3 is 10.3 Å². The Balaban J connectivity index is 1.75. The molecule has 0 radical (unpaired) electrons. The van der Waals surface area contributed by atoms with E-state index in [1.165, 1.54) is 12.8 Å². The Morgan fingerprint density at radius 3 is 2.75 bits per heavy atom. The summed E-state index contributed by atoms with van der Waals surface area (Å²) >= 11 is 12.1. The molecule has 5 heteroatoms. The zero-order chi connectivity index (χ0) is 13.9. The fourth-order valence-corrected chi connectivity index (χ4v) is 3.18. The molecule has 0 spiro atoms. The topological polar surface area (TPSA) is 40.7 Å². The number of hydrogen-bond acceptors (Lipinski definition) is 2. The highest BCUT2D eigenvalue weighted by molar-refractivity contribution is 6.36. The molecule has 1 fully saturated rings. The van der Waals surface area contributed by atoms with Gasteiger partial charge in [0.15, 0.2) is 0 Å². The normalized spacial score (nSPS) is 16.5. The van der Waals surface area contributed by atoms with Gasteiger partial charge in [0.1, 0.15) is 5.82 Å². The predicted molar refractivity (Wildman–Crippen MR) is 83.3 cm³/mol. The van der Waals surface area contributed by atoms with Gasteiger partial charge in [-0.1, -0.05) is 23.2 Å². The number of benzene rings is 1. The monoisotopic (exact) mass is 309 g/mol. The minimum absolute atomic E-state index is 0.646. The zero-order valence-electron chi connectivity index (χ0n) is 11.1. The van der Waals surface area contributed by atoms with E-state index in [0.717, 1.165) is 42.5 Å². The lowest BCUT2D eigenvalue weighted by Crippen LogP contribution is -2.28. The van der Waals surface area contributed by atoms with Crippen LogP contribution in [-0.2, 0) is 6.42 Å². The van der Waals surface area contributed by atoms with Crippen molar-refractivity contribution < 1.29 is 0 Å². The minimum atomic E-state index is 0.646. The fraction of sp³-hybridized carbons (Fsp3) is 0.400. The zero-order valence-corrected chi connectivity index (χ0v) is 12.6. The number of nitrogens with one attached hydrogen (secondary N) is 2. The second kappa shape index (κ2) is 6.17. The Morgan fingerprint density at radius 1 is 1.20 bits per heavy atom. The lowest BCUT2D eigenvalue weighted by atomic mass is 9.94. The summed E-state index contributed by atoms with van der Waals surface area (Å²) in [7, 11) is 0. The van der Waals surface area contributed by atoms with Crippen LogP contribution in [0, 0.1) is 5.92 Å². The minimum Gasteiger partial charge on any atom is -0.342 e. The number of rotatable bonds is 3. The Kier molecular flexibility index (Phi) is 4.29. The van der Waals surface area contributed by atoms with Crippen LogP contribution in [0.5, 0.6) is 0 Å². The van der Waals surface area contributed by atoms with Crippen molar-refractivity contribution in [3.63, 3.8) is 0 Å². The smallest absolute Gasteiger partial charge is 0.106 e. The lowest BCUT2D eigenvalue weighted by molar-refractivity contribution is 0.368. The van der Waals surface area contributed by atoms with E-state index >= 15 is 0 Å². The van der Waals surface area contributed by atoms with Crippen LogP contribution in [0.1, 0.15) is 18.7 Å². The third-order valence-electron chi connectivity index (χ3n) is 3.79. The summed E-state index contributed by atoms with van der Waals surface area (Å²) in [6.45, 7) is 2.22. The molecule has 2 heterocycles. The van der Waals surface area contributed by atoms with Gasteiger partial charge in [0.05, 0.1) is 16.9 Å². The first kappa shape index (κ1) is 13.9. The molecule has 0 amide bonds. The van der Waals surface area contributed by atoms with Gasteiger partial charge in [-0.3, -0.25) is 0 Å². The number of imidazole rings is 1. The first-order valence-electron chi connectivity index (χ1n) is 6.92. The molecule has 2 aromatic rings. The number of hydrogen-bond donors (Lipinski definition) is 2. The molecule has 0 bridgehead atoms. The molecule has 3 nitrogen and oxygen atoms in total. The summed E-state index contributed by atoms with van der Waals surface area (Å²) in [5, 5.41) is 4.68. The van der Waals surface area contributed by atoms with Gasteiger partial charge >= 0.3 is 0 Å². The van der Waals surface area contributed by atoms with Crippen molar-refractivity contribution in [2.24, 2.45) is 5.92 Å². The summed E-state index contributed by atoms with van der Waals surface area (Å²) in [5.74, 6) is 1.76. The number of aromatic nitrogens is 2. The molecular formula is C15H17Cl2N3. The maximum atomic E-state index is 6.22. The van der Waals surface area contributed by atoms with Gasteiger partial charge in [0, 0.05) is 17.0 Å². The largest absolute Gasteiger partial charge is 0.342 e. The summed E-state index contributed by atoms with van der Waals surface area (Å²) in [6.07, 6.45) is 5.30. The van der Waals surface area contributed by atoms with Crippen molar-refractivity contribution in [3.8, 4) is 11.3 Å². The molecule has 1 aromatic heterocycles. The summed E-state index contributed by atoms with van der Waals surface area (Å²) in [6, 6.07) is 5.52. The van der Waals surface area contributed by atoms with Gasteiger partial charge in [0.25, 0.3) is 0 Å². The second-order valence-corrected chi connectivity index (χ2v) is 6.11. The number of halogens is 2. The molecule has 0 atom stereocenters. The Morgan fingerprint density at radius 2 is 2.00 bits per heavy atom. The number of aromatic amines is 1. The van der Waals surface area contributed by atoms with E-state index in [4.69, 9.17) is 23.2 Å². The number of H-pyrrole nitrogens is 1. The average Bonchev–Trinajstić information content (AvgIpc) is 2.88. The molecule has 1 aliphatic rings. The maximum absolute atomic E-state index is 6.22. The Labute approximate surface area is 128 Å². The van der Waals surface area contributed by atoms with Crippen LogP contribution in [0.2, 0.25) is 10.0 Å². The summed E-state index contributed by atoms with van der Waals surface area (Å²) in [5.41, 5.74) is 1.90. The average molecular weight is 310 g/mol. The van der Waals surface area contributed by atoms with Gasteiger partial charge in [0.2, 0.25) is 0 Å². The van der Waals surface area contributed by atoms with E-state index < -0.39 is 0 Å². The van der Waals surface area contributed by atoms with Crippen LogP contribution in [0.15, 0.2) is 24.4 Å². The van der Waals surface area contributed by atoms with Crippen LogP contribution >= 0.6 is 23.2 Å². The predicted octanol–water partition coefficient (Wildman–Crippen LogP) is 3.93. The van der Waals surface area contributed by atoms with Crippen molar-refractivity contribution >= 4 is 23.2 Å². The van der Waals surface area contributed by atoms with Crippen molar-refractivity contribution in [1.82, 2.24) is 15.3 Å². The molecule has 0 aliphatic carbocycles. The molecule has 1 aliphatic heterocycles. The van der Waals surface area contributed by atoms with Crippen LogP contribution in [-0.4, -0.2) is 23.1 Å². The van der Waals surface area contributed by atoms with E-state index in [9.17, 15) is 0 Å². The molecule has 2 N–H and O–H groups in total. The van der Waals surface area contributed by atoms with Gasteiger partial charge in [-0.25, -0.2) is 4.98 Å². The molecule has 1 aromatic carbocycles. The number of piperidine rings is 1. The lowest BCUT2D eigenvalue weighted by Gasteiger charge is -2.21. The molecule has 3 rings (SSSR count). The Hall–Kier alpha value is -1.03. The SMILES string of the molecule is Clc1ccc(-c2cnc(CC3CCNCC3)[nH]2)c(Cl)c1. The summed E-state index contributed by atoms with van der Waals surface area (Å²) in [4.78, 5) is 7.86. The van der Waals surface area contributed by atoms with Crippen LogP contribution in [0.25, 0.3) is 11.3 Å². The molecule has 20 heavy (non-hydrogen) atoms. The van der Waals surface area contributed by atoms with E-state index in [1.807, 2.05) is 18.3 Å². The standard InChI is InChI=1S/C15H17Cl2N3/c16-11-1-2-12(13(17)8-11)14-9-19-15(20-14)7-10-3-5-18-6-4-10/h1-2,8-10,18H,3-7H2,(H,19,20). The van der Waals surface area contributed by atoms with Gasteiger partial charge in [-0.15, -0.1) is 0 Å². The number of nitrogens with zero attached hydrogens (tertiary/aromatic N) is 1. The molecule has 106 valence electrons. The highest BCUT2D eigenvalue weighted by atomic mass is 35.5. The molecule has 0 saturated carbocycles. The summed E-state index contributed by atoms with van der Waals surface area (Å²) < 4.78 is 0. The quantitative estimate of drug-likeness (QED) is 0.902. The van der Waals surface area contributed by atoms with E-state index in [-0.39, 0.29) is 0 Å². The highest BCUT2D eigenvalue weighted by Crippen LogP contribution is 2.29. The van der Waals surface area contributed by atoms with Gasteiger partial charge in [-0.2, -0.15) is 0 Å². The van der Waals surface area contributed by atoms with Crippen molar-refractivity contribution in [2.75, 3.05) is 13.1 Å². The second-order valence-electron chi connectivity index (χ2n) is 5.27. The van der Waals surface area contributed by atoms with E-state index in [1.54, 1.807) is 6.07 Å². The maximum Gasteiger partial charge on any atom is 0.106 e.